The van der Waals surface area contributed by atoms with Gasteiger partial charge in [0.1, 0.15) is 5.82 Å². The monoisotopic (exact) mass is 426 g/mol. The zero-order chi connectivity index (χ0) is 13.9. The number of rotatable bonds is 3. The standard InChI is InChI=1S/C15H16BrFN2S.2ClH/c16-12-10-11(3-4-13(12)17)15(14-2-1-9-20-14)19-7-5-18-6-8-19;;/h1-4,9-10,15,18H,5-8H2;2*1H/t15-;;/m1../s1. The van der Waals surface area contributed by atoms with Crippen LogP contribution in [0.2, 0.25) is 0 Å². The van der Waals surface area contributed by atoms with Gasteiger partial charge in [0.25, 0.3) is 0 Å². The average molecular weight is 428 g/mol. The maximum Gasteiger partial charge on any atom is 0.137 e. The van der Waals surface area contributed by atoms with Crippen molar-refractivity contribution in [3.05, 3.63) is 56.4 Å². The Morgan fingerprint density at radius 1 is 1.18 bits per heavy atom. The first-order valence-corrected chi connectivity index (χ1v) is 8.36. The Morgan fingerprint density at radius 3 is 2.50 bits per heavy atom. The second-order valence-corrected chi connectivity index (χ2v) is 6.71. The maximum atomic E-state index is 13.5. The van der Waals surface area contributed by atoms with Crippen LogP contribution in [0, 0.1) is 5.82 Å². The zero-order valence-corrected chi connectivity index (χ0v) is 15.8. The van der Waals surface area contributed by atoms with Crippen molar-refractivity contribution in [2.75, 3.05) is 26.2 Å². The van der Waals surface area contributed by atoms with E-state index >= 15 is 0 Å². The van der Waals surface area contributed by atoms with Gasteiger partial charge in [-0.25, -0.2) is 4.39 Å². The Bertz CT molecular complexity index is 577. The van der Waals surface area contributed by atoms with Gasteiger partial charge in [-0.1, -0.05) is 12.1 Å². The van der Waals surface area contributed by atoms with Crippen molar-refractivity contribution in [3.8, 4) is 0 Å². The van der Waals surface area contributed by atoms with E-state index in [0.29, 0.717) is 4.47 Å². The van der Waals surface area contributed by atoms with E-state index in [-0.39, 0.29) is 36.7 Å². The average Bonchev–Trinajstić information content (AvgIpc) is 2.98. The molecule has 1 aliphatic heterocycles. The molecule has 2 nitrogen and oxygen atoms in total. The highest BCUT2D eigenvalue weighted by atomic mass is 79.9. The number of nitrogens with one attached hydrogen (secondary N) is 1. The Labute approximate surface area is 155 Å². The second kappa shape index (κ2) is 9.21. The predicted molar refractivity (Wildman–Crippen MR) is 99.2 cm³/mol. The number of benzene rings is 1. The number of halogens is 4. The third-order valence-electron chi connectivity index (χ3n) is 3.59. The summed E-state index contributed by atoms with van der Waals surface area (Å²) in [6.07, 6.45) is 0. The lowest BCUT2D eigenvalue weighted by molar-refractivity contribution is 0.200. The number of piperazine rings is 1. The Hall–Kier alpha value is -0.170. The van der Waals surface area contributed by atoms with E-state index in [2.05, 4.69) is 43.7 Å². The number of hydrogen-bond donors (Lipinski definition) is 1. The number of nitrogens with zero attached hydrogens (tertiary/aromatic N) is 1. The third kappa shape index (κ3) is 4.43. The maximum absolute atomic E-state index is 13.5. The minimum atomic E-state index is -0.209. The smallest absolute Gasteiger partial charge is 0.137 e. The van der Waals surface area contributed by atoms with Gasteiger partial charge in [0.05, 0.1) is 10.5 Å². The normalized spacial score (nSPS) is 16.5. The fraction of sp³-hybridized carbons (Fsp3) is 0.333. The van der Waals surface area contributed by atoms with E-state index in [9.17, 15) is 4.39 Å². The molecule has 0 bridgehead atoms. The van der Waals surface area contributed by atoms with Crippen molar-refractivity contribution >= 4 is 52.1 Å². The summed E-state index contributed by atoms with van der Waals surface area (Å²) < 4.78 is 14.0. The molecule has 7 heteroatoms. The summed E-state index contributed by atoms with van der Waals surface area (Å²) in [5.74, 6) is -0.209. The van der Waals surface area contributed by atoms with Crippen molar-refractivity contribution in [2.45, 2.75) is 6.04 Å². The first-order chi connectivity index (χ1) is 9.75. The molecule has 1 aromatic carbocycles. The molecule has 0 spiro atoms. The molecule has 0 amide bonds. The van der Waals surface area contributed by atoms with E-state index in [4.69, 9.17) is 0 Å². The topological polar surface area (TPSA) is 15.3 Å². The van der Waals surface area contributed by atoms with E-state index < -0.39 is 0 Å². The van der Waals surface area contributed by atoms with Crippen LogP contribution in [0.5, 0.6) is 0 Å². The van der Waals surface area contributed by atoms with Crippen LogP contribution in [0.1, 0.15) is 16.5 Å². The summed E-state index contributed by atoms with van der Waals surface area (Å²) in [5.41, 5.74) is 1.14. The highest BCUT2D eigenvalue weighted by Crippen LogP contribution is 2.33. The first-order valence-electron chi connectivity index (χ1n) is 6.69. The molecule has 1 aromatic heterocycles. The van der Waals surface area contributed by atoms with E-state index in [0.717, 1.165) is 31.7 Å². The van der Waals surface area contributed by atoms with Crippen LogP contribution in [-0.4, -0.2) is 31.1 Å². The quantitative estimate of drug-likeness (QED) is 0.776. The Balaban J connectivity index is 0.00000121. The summed E-state index contributed by atoms with van der Waals surface area (Å²) in [7, 11) is 0. The van der Waals surface area contributed by atoms with Crippen molar-refractivity contribution in [2.24, 2.45) is 0 Å². The van der Waals surface area contributed by atoms with E-state index in [1.807, 2.05) is 12.1 Å². The molecule has 2 aromatic rings. The summed E-state index contributed by atoms with van der Waals surface area (Å²) >= 11 is 5.06. The molecule has 1 fully saturated rings. The Kier molecular flexibility index (Phi) is 8.32. The van der Waals surface area contributed by atoms with Crippen LogP contribution < -0.4 is 5.32 Å². The van der Waals surface area contributed by atoms with Gasteiger partial charge in [-0.05, 0) is 45.1 Å². The molecule has 0 aliphatic carbocycles. The van der Waals surface area contributed by atoms with Crippen molar-refractivity contribution in [1.82, 2.24) is 10.2 Å². The SMILES string of the molecule is Cl.Cl.Fc1ccc([C@H](c2cccs2)N2CCNCC2)cc1Br. The van der Waals surface area contributed by atoms with Crippen LogP contribution in [0.15, 0.2) is 40.2 Å². The lowest BCUT2D eigenvalue weighted by Gasteiger charge is -2.34. The molecule has 1 aliphatic rings. The summed E-state index contributed by atoms with van der Waals surface area (Å²) in [6, 6.07) is 9.80. The van der Waals surface area contributed by atoms with E-state index in [1.165, 1.54) is 4.88 Å². The zero-order valence-electron chi connectivity index (χ0n) is 11.8. The van der Waals surface area contributed by atoms with Crippen molar-refractivity contribution < 1.29 is 4.39 Å². The number of hydrogen-bond acceptors (Lipinski definition) is 3. The highest BCUT2D eigenvalue weighted by molar-refractivity contribution is 9.10. The second-order valence-electron chi connectivity index (χ2n) is 4.88. The highest BCUT2D eigenvalue weighted by Gasteiger charge is 2.25. The van der Waals surface area contributed by atoms with Gasteiger partial charge in [0, 0.05) is 31.1 Å². The third-order valence-corrected chi connectivity index (χ3v) is 5.12. The van der Waals surface area contributed by atoms with Crippen LogP contribution in [-0.2, 0) is 0 Å². The van der Waals surface area contributed by atoms with Gasteiger partial charge in [-0.3, -0.25) is 4.90 Å². The molecular weight excluding hydrogens is 410 g/mol. The van der Waals surface area contributed by atoms with Gasteiger partial charge in [0.15, 0.2) is 0 Å². The fourth-order valence-corrected chi connectivity index (χ4v) is 3.91. The molecule has 2 heterocycles. The largest absolute Gasteiger partial charge is 0.314 e. The first kappa shape index (κ1) is 19.9. The molecule has 0 radical (unpaired) electrons. The lowest BCUT2D eigenvalue weighted by Crippen LogP contribution is -2.45. The minimum absolute atomic E-state index is 0. The molecule has 0 saturated carbocycles. The van der Waals surface area contributed by atoms with Crippen molar-refractivity contribution in [3.63, 3.8) is 0 Å². The molecule has 0 unspecified atom stereocenters. The van der Waals surface area contributed by atoms with Crippen LogP contribution in [0.25, 0.3) is 0 Å². The molecule has 1 N–H and O–H groups in total. The van der Waals surface area contributed by atoms with Crippen LogP contribution in [0.4, 0.5) is 4.39 Å². The van der Waals surface area contributed by atoms with Crippen LogP contribution in [0.3, 0.4) is 0 Å². The molecule has 122 valence electrons. The number of thiophene rings is 1. The minimum Gasteiger partial charge on any atom is -0.314 e. The van der Waals surface area contributed by atoms with Gasteiger partial charge >= 0.3 is 0 Å². The summed E-state index contributed by atoms with van der Waals surface area (Å²) in [6.45, 7) is 4.03. The van der Waals surface area contributed by atoms with Crippen molar-refractivity contribution in [1.29, 1.82) is 0 Å². The Morgan fingerprint density at radius 2 is 1.91 bits per heavy atom. The van der Waals surface area contributed by atoms with Gasteiger partial charge in [-0.15, -0.1) is 36.2 Å². The van der Waals surface area contributed by atoms with Gasteiger partial charge in [0.2, 0.25) is 0 Å². The van der Waals surface area contributed by atoms with Gasteiger partial charge in [-0.2, -0.15) is 0 Å². The molecular formula is C15H18BrCl2FN2S. The molecule has 3 rings (SSSR count). The summed E-state index contributed by atoms with van der Waals surface area (Å²) in [5, 5.41) is 5.48. The molecule has 1 saturated heterocycles. The molecule has 22 heavy (non-hydrogen) atoms. The van der Waals surface area contributed by atoms with E-state index in [1.54, 1.807) is 17.4 Å². The lowest BCUT2D eigenvalue weighted by atomic mass is 10.0. The summed E-state index contributed by atoms with van der Waals surface area (Å²) in [4.78, 5) is 3.77. The van der Waals surface area contributed by atoms with Gasteiger partial charge < -0.3 is 5.32 Å². The molecule has 1 atom stereocenters. The fourth-order valence-electron chi connectivity index (χ4n) is 2.62. The predicted octanol–water partition coefficient (Wildman–Crippen LogP) is 4.49. The van der Waals surface area contributed by atoms with Crippen LogP contribution >= 0.6 is 52.1 Å².